The average Bonchev–Trinajstić information content (AvgIpc) is 2.44. The van der Waals surface area contributed by atoms with Gasteiger partial charge in [-0.25, -0.2) is 0 Å². The van der Waals surface area contributed by atoms with Crippen LogP contribution in [-0.2, 0) is 14.3 Å². The van der Waals surface area contributed by atoms with Crippen LogP contribution < -0.4 is 0 Å². The number of carbonyl (C=O) groups excluding carboxylic acids is 3. The second-order valence-electron chi connectivity index (χ2n) is 4.05. The lowest BCUT2D eigenvalue weighted by molar-refractivity contribution is -0.143. The lowest BCUT2D eigenvalue weighted by atomic mass is 10.1. The zero-order valence-electron chi connectivity index (χ0n) is 11.5. The van der Waals surface area contributed by atoms with Crippen molar-refractivity contribution in [2.24, 2.45) is 0 Å². The van der Waals surface area contributed by atoms with Gasteiger partial charge in [-0.2, -0.15) is 0 Å². The van der Waals surface area contributed by atoms with Crippen LogP contribution in [0.3, 0.4) is 0 Å². The number of amides is 1. The molecular weight excluding hydrogens is 258 g/mol. The van der Waals surface area contributed by atoms with E-state index in [9.17, 15) is 14.4 Å². The Morgan fingerprint density at radius 3 is 2.65 bits per heavy atom. The van der Waals surface area contributed by atoms with Gasteiger partial charge in [0, 0.05) is 12.6 Å². The van der Waals surface area contributed by atoms with Crippen molar-refractivity contribution < 1.29 is 19.1 Å². The Hall–Kier alpha value is -2.43. The summed E-state index contributed by atoms with van der Waals surface area (Å²) in [6.07, 6.45) is 3.51. The van der Waals surface area contributed by atoms with Crippen molar-refractivity contribution in [3.8, 4) is 0 Å². The highest BCUT2D eigenvalue weighted by Gasteiger charge is 2.17. The number of ether oxygens (including phenoxy) is 1. The minimum Gasteiger partial charge on any atom is -0.465 e. The highest BCUT2D eigenvalue weighted by molar-refractivity contribution is 5.99. The number of benzene rings is 1. The zero-order chi connectivity index (χ0) is 15.0. The van der Waals surface area contributed by atoms with Crippen LogP contribution in [0.5, 0.6) is 0 Å². The highest BCUT2D eigenvalue weighted by atomic mass is 16.5. The van der Waals surface area contributed by atoms with E-state index in [4.69, 9.17) is 4.74 Å². The van der Waals surface area contributed by atoms with Crippen LogP contribution in [0.2, 0.25) is 0 Å². The first-order valence-corrected chi connectivity index (χ1v) is 6.22. The first-order valence-electron chi connectivity index (χ1n) is 6.22. The molecule has 5 nitrogen and oxygen atoms in total. The number of aldehydes is 1. The van der Waals surface area contributed by atoms with Gasteiger partial charge in [-0.3, -0.25) is 14.4 Å². The Balaban J connectivity index is 2.88. The molecule has 0 bridgehead atoms. The van der Waals surface area contributed by atoms with Gasteiger partial charge < -0.3 is 9.64 Å². The van der Waals surface area contributed by atoms with Crippen LogP contribution in [0.25, 0.3) is 6.08 Å². The molecule has 106 valence electrons. The molecule has 0 spiro atoms. The van der Waals surface area contributed by atoms with Gasteiger partial charge in [0.15, 0.2) is 0 Å². The highest BCUT2D eigenvalue weighted by Crippen LogP contribution is 2.13. The number of esters is 1. The standard InChI is InChI=1S/C15H17NO4/c1-3-20-14(18)11-16(2)15(19)13-9-5-4-7-12(13)8-6-10-17/h4-10H,3,11H2,1-2H3/b8-6+. The van der Waals surface area contributed by atoms with Crippen LogP contribution in [0.4, 0.5) is 0 Å². The number of hydrogen-bond acceptors (Lipinski definition) is 4. The maximum atomic E-state index is 12.3. The van der Waals surface area contributed by atoms with Crippen molar-refractivity contribution in [2.45, 2.75) is 6.92 Å². The van der Waals surface area contributed by atoms with Crippen molar-refractivity contribution in [1.29, 1.82) is 0 Å². The summed E-state index contributed by atoms with van der Waals surface area (Å²) >= 11 is 0. The third-order valence-corrected chi connectivity index (χ3v) is 2.56. The summed E-state index contributed by atoms with van der Waals surface area (Å²) < 4.78 is 4.80. The topological polar surface area (TPSA) is 63.7 Å². The molecule has 0 radical (unpaired) electrons. The summed E-state index contributed by atoms with van der Waals surface area (Å²) in [5.41, 5.74) is 1.05. The van der Waals surface area contributed by atoms with E-state index in [0.717, 1.165) is 0 Å². The van der Waals surface area contributed by atoms with E-state index in [1.807, 2.05) is 0 Å². The fourth-order valence-corrected chi connectivity index (χ4v) is 1.66. The molecular formula is C15H17NO4. The van der Waals surface area contributed by atoms with E-state index in [2.05, 4.69) is 0 Å². The van der Waals surface area contributed by atoms with E-state index < -0.39 is 5.97 Å². The number of hydrogen-bond donors (Lipinski definition) is 0. The lowest BCUT2D eigenvalue weighted by Gasteiger charge is -2.17. The monoisotopic (exact) mass is 275 g/mol. The second-order valence-corrected chi connectivity index (χ2v) is 4.05. The summed E-state index contributed by atoms with van der Waals surface area (Å²) in [5, 5.41) is 0. The van der Waals surface area contributed by atoms with Gasteiger partial charge in [-0.15, -0.1) is 0 Å². The van der Waals surface area contributed by atoms with E-state index in [1.54, 1.807) is 37.3 Å². The second kappa shape index (κ2) is 7.89. The minimum absolute atomic E-state index is 0.113. The molecule has 0 unspecified atom stereocenters. The minimum atomic E-state index is -0.454. The molecule has 0 saturated carbocycles. The third-order valence-electron chi connectivity index (χ3n) is 2.56. The van der Waals surface area contributed by atoms with E-state index in [1.165, 1.54) is 18.0 Å². The largest absolute Gasteiger partial charge is 0.465 e. The molecule has 0 heterocycles. The van der Waals surface area contributed by atoms with Crippen LogP contribution in [0.15, 0.2) is 30.3 Å². The molecule has 1 amide bonds. The summed E-state index contributed by atoms with van der Waals surface area (Å²) in [6, 6.07) is 6.87. The number of nitrogens with zero attached hydrogens (tertiary/aromatic N) is 1. The first-order chi connectivity index (χ1) is 9.60. The fourth-order valence-electron chi connectivity index (χ4n) is 1.66. The van der Waals surface area contributed by atoms with Crippen LogP contribution >= 0.6 is 0 Å². The maximum absolute atomic E-state index is 12.3. The number of likely N-dealkylation sites (N-methyl/N-ethyl adjacent to an activating group) is 1. The molecule has 1 aromatic carbocycles. The van der Waals surface area contributed by atoms with Gasteiger partial charge in [0.05, 0.1) is 6.61 Å². The number of allylic oxidation sites excluding steroid dienone is 1. The molecule has 0 aliphatic carbocycles. The molecule has 1 aromatic rings. The van der Waals surface area contributed by atoms with Gasteiger partial charge in [0.1, 0.15) is 12.8 Å². The van der Waals surface area contributed by atoms with Crippen LogP contribution in [0.1, 0.15) is 22.8 Å². The van der Waals surface area contributed by atoms with Crippen LogP contribution in [0, 0.1) is 0 Å². The fraction of sp³-hybridized carbons (Fsp3) is 0.267. The Morgan fingerprint density at radius 2 is 2.00 bits per heavy atom. The molecule has 0 aliphatic heterocycles. The van der Waals surface area contributed by atoms with E-state index in [0.29, 0.717) is 17.4 Å². The molecule has 0 fully saturated rings. The van der Waals surface area contributed by atoms with E-state index in [-0.39, 0.29) is 19.1 Å². The molecule has 0 atom stereocenters. The van der Waals surface area contributed by atoms with Gasteiger partial charge in [0.25, 0.3) is 5.91 Å². The Morgan fingerprint density at radius 1 is 1.30 bits per heavy atom. The SMILES string of the molecule is CCOC(=O)CN(C)C(=O)c1ccccc1/C=C/C=O. The predicted molar refractivity (Wildman–Crippen MR) is 75.1 cm³/mol. The molecule has 0 saturated heterocycles. The van der Waals surface area contributed by atoms with Crippen molar-refractivity contribution >= 4 is 24.2 Å². The summed E-state index contributed by atoms with van der Waals surface area (Å²) in [4.78, 5) is 35.3. The molecule has 0 N–H and O–H groups in total. The average molecular weight is 275 g/mol. The molecule has 0 aliphatic rings. The molecule has 20 heavy (non-hydrogen) atoms. The van der Waals surface area contributed by atoms with Gasteiger partial charge in [0.2, 0.25) is 0 Å². The van der Waals surface area contributed by atoms with Crippen molar-refractivity contribution in [2.75, 3.05) is 20.2 Å². The normalized spacial score (nSPS) is 10.3. The molecule has 0 aromatic heterocycles. The van der Waals surface area contributed by atoms with E-state index >= 15 is 0 Å². The third kappa shape index (κ3) is 4.35. The van der Waals surface area contributed by atoms with Crippen molar-refractivity contribution in [1.82, 2.24) is 4.90 Å². The van der Waals surface area contributed by atoms with Gasteiger partial charge >= 0.3 is 5.97 Å². The first kappa shape index (κ1) is 15.6. The summed E-state index contributed by atoms with van der Waals surface area (Å²) in [5.74, 6) is -0.756. The number of carbonyl (C=O) groups is 3. The lowest BCUT2D eigenvalue weighted by Crippen LogP contribution is -2.33. The molecule has 5 heteroatoms. The van der Waals surface area contributed by atoms with Gasteiger partial charge in [-0.1, -0.05) is 24.3 Å². The summed E-state index contributed by atoms with van der Waals surface area (Å²) in [7, 11) is 1.53. The van der Waals surface area contributed by atoms with Crippen LogP contribution in [-0.4, -0.2) is 43.3 Å². The maximum Gasteiger partial charge on any atom is 0.325 e. The quantitative estimate of drug-likeness (QED) is 0.449. The number of rotatable bonds is 6. The van der Waals surface area contributed by atoms with Gasteiger partial charge in [-0.05, 0) is 24.6 Å². The summed E-state index contributed by atoms with van der Waals surface area (Å²) in [6.45, 7) is 1.87. The Kier molecular flexibility index (Phi) is 6.16. The van der Waals surface area contributed by atoms with Crippen molar-refractivity contribution in [3.63, 3.8) is 0 Å². The smallest absolute Gasteiger partial charge is 0.325 e. The Bertz CT molecular complexity index is 522. The zero-order valence-corrected chi connectivity index (χ0v) is 11.5. The predicted octanol–water partition coefficient (Wildman–Crippen LogP) is 1.53. The van der Waals surface area contributed by atoms with Crippen molar-refractivity contribution in [3.05, 3.63) is 41.5 Å². The Labute approximate surface area is 117 Å². The molecule has 1 rings (SSSR count).